The summed E-state index contributed by atoms with van der Waals surface area (Å²) in [5, 5.41) is 5.86. The molecule has 6 heteroatoms. The minimum Gasteiger partial charge on any atom is -0.309 e. The zero-order chi connectivity index (χ0) is 37.5. The number of nitrogens with zero attached hydrogens (tertiary/aromatic N) is 5. The van der Waals surface area contributed by atoms with Gasteiger partial charge >= 0.3 is 0 Å². The highest BCUT2D eigenvalue weighted by Gasteiger charge is 2.23. The van der Waals surface area contributed by atoms with Crippen LogP contribution in [0.15, 0.2) is 188 Å². The monoisotopic (exact) mass is 745 g/mol. The smallest absolute Gasteiger partial charge is 0.162 e. The second kappa shape index (κ2) is 12.6. The molecule has 0 atom stereocenters. The highest BCUT2D eigenvalue weighted by molar-refractivity contribution is 7.26. The molecule has 0 radical (unpaired) electrons. The van der Waals surface area contributed by atoms with Gasteiger partial charge in [0.1, 0.15) is 0 Å². The first-order valence-corrected chi connectivity index (χ1v) is 19.9. The van der Waals surface area contributed by atoms with Gasteiger partial charge in [-0.25, -0.2) is 9.97 Å². The zero-order valence-corrected chi connectivity index (χ0v) is 31.4. The van der Waals surface area contributed by atoms with Gasteiger partial charge in [0, 0.05) is 60.8 Å². The van der Waals surface area contributed by atoms with Crippen molar-refractivity contribution in [3.63, 3.8) is 0 Å². The Morgan fingerprint density at radius 2 is 1.02 bits per heavy atom. The van der Waals surface area contributed by atoms with Gasteiger partial charge in [0.05, 0.1) is 32.3 Å². The Morgan fingerprint density at radius 3 is 1.72 bits per heavy atom. The van der Waals surface area contributed by atoms with Crippen molar-refractivity contribution in [2.75, 3.05) is 0 Å². The van der Waals surface area contributed by atoms with E-state index in [-0.39, 0.29) is 0 Å². The summed E-state index contributed by atoms with van der Waals surface area (Å²) in [4.78, 5) is 15.6. The van der Waals surface area contributed by atoms with E-state index in [1.165, 1.54) is 21.7 Å². The molecule has 266 valence electrons. The molecule has 57 heavy (non-hydrogen) atoms. The van der Waals surface area contributed by atoms with E-state index in [2.05, 4.69) is 184 Å². The van der Waals surface area contributed by atoms with Gasteiger partial charge in [-0.15, -0.1) is 11.3 Å². The fourth-order valence-corrected chi connectivity index (χ4v) is 9.83. The molecule has 0 amide bonds. The second-order valence-electron chi connectivity index (χ2n) is 14.4. The van der Waals surface area contributed by atoms with Crippen molar-refractivity contribution in [1.82, 2.24) is 24.1 Å². The summed E-state index contributed by atoms with van der Waals surface area (Å²) in [5.41, 5.74) is 12.1. The standard InChI is InChI=1S/C51H31N5S/c1-3-14-32(15-4-1)39-29-42-47(30-40(39)34-16-13-27-52-31-34)57-49-48(42)53-50(54-51(49)56-44-23-11-7-19-36(44)37-20-8-12-24-45(37)56)33-25-26-46-41(28-33)38-21-9-10-22-43(38)55(46)35-17-5-2-6-18-35/h1-31H. The van der Waals surface area contributed by atoms with Crippen molar-refractivity contribution in [3.8, 4) is 45.1 Å². The van der Waals surface area contributed by atoms with Crippen LogP contribution in [0.2, 0.25) is 0 Å². The lowest BCUT2D eigenvalue weighted by molar-refractivity contribution is 1.08. The van der Waals surface area contributed by atoms with Gasteiger partial charge < -0.3 is 4.57 Å². The van der Waals surface area contributed by atoms with Crippen LogP contribution in [0.5, 0.6) is 0 Å². The number of rotatable bonds is 5. The Labute approximate surface area is 331 Å². The number of hydrogen-bond acceptors (Lipinski definition) is 4. The molecule has 0 aliphatic rings. The molecule has 0 unspecified atom stereocenters. The van der Waals surface area contributed by atoms with E-state index in [4.69, 9.17) is 9.97 Å². The maximum atomic E-state index is 5.57. The van der Waals surface area contributed by atoms with Crippen LogP contribution < -0.4 is 0 Å². The second-order valence-corrected chi connectivity index (χ2v) is 15.5. The van der Waals surface area contributed by atoms with Crippen LogP contribution in [0.25, 0.3) is 109 Å². The Morgan fingerprint density at radius 1 is 0.421 bits per heavy atom. The molecule has 5 heterocycles. The van der Waals surface area contributed by atoms with Crippen molar-refractivity contribution in [2.24, 2.45) is 0 Å². The maximum Gasteiger partial charge on any atom is 0.162 e. The first kappa shape index (κ1) is 31.9. The number of fused-ring (bicyclic) bond motifs is 9. The van der Waals surface area contributed by atoms with Crippen molar-refractivity contribution >= 4 is 75.3 Å². The third kappa shape index (κ3) is 4.91. The summed E-state index contributed by atoms with van der Waals surface area (Å²) < 4.78 is 6.88. The van der Waals surface area contributed by atoms with Gasteiger partial charge in [-0.05, 0) is 83.4 Å². The third-order valence-electron chi connectivity index (χ3n) is 11.2. The third-order valence-corrected chi connectivity index (χ3v) is 12.4. The predicted octanol–water partition coefficient (Wildman–Crippen LogP) is 13.4. The molecule has 0 aliphatic carbocycles. The van der Waals surface area contributed by atoms with Crippen molar-refractivity contribution in [2.45, 2.75) is 0 Å². The summed E-state index contributed by atoms with van der Waals surface area (Å²) in [6.07, 6.45) is 3.78. The number of aromatic nitrogens is 5. The van der Waals surface area contributed by atoms with Crippen molar-refractivity contribution < 1.29 is 0 Å². The van der Waals surface area contributed by atoms with Crippen LogP contribution in [0, 0.1) is 0 Å². The molecule has 0 N–H and O–H groups in total. The van der Waals surface area contributed by atoms with E-state index in [0.29, 0.717) is 5.82 Å². The summed E-state index contributed by atoms with van der Waals surface area (Å²) in [5.74, 6) is 1.57. The molecule has 0 spiro atoms. The average Bonchev–Trinajstić information content (AvgIpc) is 3.94. The van der Waals surface area contributed by atoms with Crippen LogP contribution >= 0.6 is 11.3 Å². The molecule has 5 nitrogen and oxygen atoms in total. The molecule has 0 saturated carbocycles. The molecule has 7 aromatic carbocycles. The predicted molar refractivity (Wildman–Crippen MR) is 238 cm³/mol. The highest BCUT2D eigenvalue weighted by Crippen LogP contribution is 2.45. The van der Waals surface area contributed by atoms with E-state index in [9.17, 15) is 0 Å². The minimum atomic E-state index is 0.690. The lowest BCUT2D eigenvalue weighted by atomic mass is 9.94. The molecule has 0 saturated heterocycles. The lowest BCUT2D eigenvalue weighted by Gasteiger charge is -2.12. The van der Waals surface area contributed by atoms with Crippen molar-refractivity contribution in [3.05, 3.63) is 188 Å². The summed E-state index contributed by atoms with van der Waals surface area (Å²) in [6.45, 7) is 0. The summed E-state index contributed by atoms with van der Waals surface area (Å²) in [6, 6.07) is 62.6. The van der Waals surface area contributed by atoms with Gasteiger partial charge in [0.2, 0.25) is 0 Å². The first-order valence-electron chi connectivity index (χ1n) is 19.1. The largest absolute Gasteiger partial charge is 0.309 e. The van der Waals surface area contributed by atoms with Gasteiger partial charge in [0.25, 0.3) is 0 Å². The fraction of sp³-hybridized carbons (Fsp3) is 0. The summed E-state index contributed by atoms with van der Waals surface area (Å²) in [7, 11) is 0. The summed E-state index contributed by atoms with van der Waals surface area (Å²) >= 11 is 1.76. The van der Waals surface area contributed by atoms with E-state index >= 15 is 0 Å². The topological polar surface area (TPSA) is 48.5 Å². The number of para-hydroxylation sites is 4. The van der Waals surface area contributed by atoms with Gasteiger partial charge in [-0.3, -0.25) is 9.55 Å². The minimum absolute atomic E-state index is 0.690. The van der Waals surface area contributed by atoms with Crippen LogP contribution in [0.3, 0.4) is 0 Å². The molecular formula is C51H31N5S. The quantitative estimate of drug-likeness (QED) is 0.176. The lowest BCUT2D eigenvalue weighted by Crippen LogP contribution is -2.01. The molecule has 5 aromatic heterocycles. The Bertz CT molecular complexity index is 3460. The van der Waals surface area contributed by atoms with Crippen molar-refractivity contribution in [1.29, 1.82) is 0 Å². The highest BCUT2D eigenvalue weighted by atomic mass is 32.1. The average molecular weight is 746 g/mol. The maximum absolute atomic E-state index is 5.57. The molecular weight excluding hydrogens is 715 g/mol. The molecule has 0 aliphatic heterocycles. The number of pyridine rings is 1. The van der Waals surface area contributed by atoms with E-state index in [0.717, 1.165) is 81.6 Å². The van der Waals surface area contributed by atoms with Crippen LogP contribution in [-0.2, 0) is 0 Å². The Hall–Kier alpha value is -7.41. The Kier molecular flexibility index (Phi) is 7.03. The van der Waals surface area contributed by atoms with Crippen LogP contribution in [0.1, 0.15) is 0 Å². The van der Waals surface area contributed by atoms with E-state index in [1.54, 1.807) is 11.3 Å². The SMILES string of the molecule is c1ccc(-c2cc3c(cc2-c2cccnc2)sc2c(-n4c5ccccc5c5ccccc54)nc(-c4ccc5c(c4)c4ccccc4n5-c4ccccc4)nc23)cc1. The van der Waals surface area contributed by atoms with Gasteiger partial charge in [-0.2, -0.15) is 0 Å². The van der Waals surface area contributed by atoms with E-state index in [1.807, 2.05) is 18.5 Å². The molecule has 0 fully saturated rings. The normalized spacial score (nSPS) is 11.9. The number of benzene rings is 7. The van der Waals surface area contributed by atoms with Crippen LogP contribution in [0.4, 0.5) is 0 Å². The molecule has 0 bridgehead atoms. The van der Waals surface area contributed by atoms with Gasteiger partial charge in [-0.1, -0.05) is 109 Å². The molecule has 12 aromatic rings. The Balaban J connectivity index is 1.19. The fourth-order valence-electron chi connectivity index (χ4n) is 8.69. The van der Waals surface area contributed by atoms with Crippen LogP contribution in [-0.4, -0.2) is 24.1 Å². The number of hydrogen-bond donors (Lipinski definition) is 0. The first-order chi connectivity index (χ1) is 28.3. The van der Waals surface area contributed by atoms with E-state index < -0.39 is 0 Å². The number of thiophene rings is 1. The zero-order valence-electron chi connectivity index (χ0n) is 30.5. The molecule has 12 rings (SSSR count). The van der Waals surface area contributed by atoms with Gasteiger partial charge in [0.15, 0.2) is 11.6 Å².